The zero-order valence-electron chi connectivity index (χ0n) is 9.98. The average molecular weight is 240 g/mol. The van der Waals surface area contributed by atoms with Crippen LogP contribution in [0.4, 0.5) is 0 Å². The molecule has 1 atom stereocenters. The van der Waals surface area contributed by atoms with Crippen molar-refractivity contribution in [3.05, 3.63) is 29.8 Å². The summed E-state index contributed by atoms with van der Waals surface area (Å²) in [6, 6.07) is 7.65. The summed E-state index contributed by atoms with van der Waals surface area (Å²) in [4.78, 5) is 0. The lowest BCUT2D eigenvalue weighted by molar-refractivity contribution is 0.198. The van der Waals surface area contributed by atoms with Crippen molar-refractivity contribution in [2.75, 3.05) is 18.1 Å². The Morgan fingerprint density at radius 3 is 2.94 bits per heavy atom. The molecule has 2 nitrogen and oxygen atoms in total. The van der Waals surface area contributed by atoms with Gasteiger partial charge in [0.25, 0.3) is 0 Å². The molecule has 1 N–H and O–H groups in total. The minimum absolute atomic E-state index is 0.431. The fourth-order valence-electron chi connectivity index (χ4n) is 1.36. The van der Waals surface area contributed by atoms with Crippen molar-refractivity contribution in [3.8, 4) is 5.75 Å². The van der Waals surface area contributed by atoms with Crippen LogP contribution in [0, 0.1) is 0 Å². The third-order valence-corrected chi connectivity index (χ3v) is 3.23. The lowest BCUT2D eigenvalue weighted by Crippen LogP contribution is -2.00. The lowest BCUT2D eigenvalue weighted by Gasteiger charge is -2.09. The first kappa shape index (κ1) is 13.4. The standard InChI is InChI=1S/C13H20O2S/c1-3-16-9-5-8-15-13-7-4-6-12(10-13)11(2)14/h4,6-7,10-11,14H,3,5,8-9H2,1-2H3/t11-/m1/s1. The number of aliphatic hydroxyl groups excluding tert-OH is 1. The summed E-state index contributed by atoms with van der Waals surface area (Å²) in [5.74, 6) is 3.16. The number of hydrogen-bond donors (Lipinski definition) is 1. The molecule has 90 valence electrons. The third kappa shape index (κ3) is 4.90. The fourth-order valence-corrected chi connectivity index (χ4v) is 1.97. The largest absolute Gasteiger partial charge is 0.494 e. The minimum Gasteiger partial charge on any atom is -0.494 e. The van der Waals surface area contributed by atoms with E-state index in [2.05, 4.69) is 6.92 Å². The van der Waals surface area contributed by atoms with E-state index in [0.29, 0.717) is 0 Å². The first-order valence-corrected chi connectivity index (χ1v) is 6.88. The van der Waals surface area contributed by atoms with Crippen molar-refractivity contribution in [2.24, 2.45) is 0 Å². The second kappa shape index (κ2) is 7.58. The molecule has 0 heterocycles. The van der Waals surface area contributed by atoms with E-state index in [0.717, 1.165) is 35.8 Å². The Morgan fingerprint density at radius 1 is 1.44 bits per heavy atom. The zero-order valence-corrected chi connectivity index (χ0v) is 10.8. The van der Waals surface area contributed by atoms with E-state index < -0.39 is 6.10 Å². The van der Waals surface area contributed by atoms with E-state index in [9.17, 15) is 5.11 Å². The van der Waals surface area contributed by atoms with Crippen LogP contribution in [0.3, 0.4) is 0 Å². The quantitative estimate of drug-likeness (QED) is 0.742. The molecule has 0 aliphatic heterocycles. The van der Waals surface area contributed by atoms with Crippen LogP contribution in [0.15, 0.2) is 24.3 Å². The second-order valence-corrected chi connectivity index (χ2v) is 5.04. The Morgan fingerprint density at radius 2 is 2.25 bits per heavy atom. The Bertz CT molecular complexity index is 300. The predicted molar refractivity (Wildman–Crippen MR) is 70.2 cm³/mol. The van der Waals surface area contributed by atoms with Gasteiger partial charge in [0.1, 0.15) is 5.75 Å². The highest BCUT2D eigenvalue weighted by atomic mass is 32.2. The van der Waals surface area contributed by atoms with E-state index in [-0.39, 0.29) is 0 Å². The van der Waals surface area contributed by atoms with E-state index >= 15 is 0 Å². The molecule has 3 heteroatoms. The van der Waals surface area contributed by atoms with Crippen LogP contribution in [0.1, 0.15) is 31.9 Å². The monoisotopic (exact) mass is 240 g/mol. The Hall–Kier alpha value is -0.670. The minimum atomic E-state index is -0.431. The summed E-state index contributed by atoms with van der Waals surface area (Å²) < 4.78 is 5.62. The SMILES string of the molecule is CCSCCCOc1cccc([C@@H](C)O)c1. The van der Waals surface area contributed by atoms with Crippen molar-refractivity contribution < 1.29 is 9.84 Å². The van der Waals surface area contributed by atoms with Crippen LogP contribution in [0.25, 0.3) is 0 Å². The van der Waals surface area contributed by atoms with E-state index in [1.54, 1.807) is 6.92 Å². The lowest BCUT2D eigenvalue weighted by atomic mass is 10.1. The van der Waals surface area contributed by atoms with E-state index in [1.165, 1.54) is 0 Å². The van der Waals surface area contributed by atoms with Crippen LogP contribution in [-0.2, 0) is 0 Å². The van der Waals surface area contributed by atoms with Gasteiger partial charge in [-0.2, -0.15) is 11.8 Å². The summed E-state index contributed by atoms with van der Waals surface area (Å²) in [6.45, 7) is 4.67. The van der Waals surface area contributed by atoms with Gasteiger partial charge in [-0.25, -0.2) is 0 Å². The van der Waals surface area contributed by atoms with Crippen molar-refractivity contribution in [3.63, 3.8) is 0 Å². The Kier molecular flexibility index (Phi) is 6.34. The maximum absolute atomic E-state index is 9.43. The average Bonchev–Trinajstić information content (AvgIpc) is 2.29. The molecule has 1 rings (SSSR count). The maximum atomic E-state index is 9.43. The first-order valence-electron chi connectivity index (χ1n) is 5.72. The highest BCUT2D eigenvalue weighted by molar-refractivity contribution is 7.99. The van der Waals surface area contributed by atoms with Crippen molar-refractivity contribution in [1.82, 2.24) is 0 Å². The molecule has 1 aromatic rings. The van der Waals surface area contributed by atoms with E-state index in [1.807, 2.05) is 36.0 Å². The number of benzene rings is 1. The predicted octanol–water partition coefficient (Wildman–Crippen LogP) is 3.26. The molecule has 0 saturated carbocycles. The number of thioether (sulfide) groups is 1. The van der Waals surface area contributed by atoms with Gasteiger partial charge in [0.2, 0.25) is 0 Å². The molecule has 16 heavy (non-hydrogen) atoms. The molecule has 0 amide bonds. The van der Waals surface area contributed by atoms with Crippen molar-refractivity contribution >= 4 is 11.8 Å². The Labute approximate surface area is 102 Å². The zero-order chi connectivity index (χ0) is 11.8. The van der Waals surface area contributed by atoms with Gasteiger partial charge < -0.3 is 9.84 Å². The normalized spacial score (nSPS) is 12.4. The maximum Gasteiger partial charge on any atom is 0.119 e. The molecular weight excluding hydrogens is 220 g/mol. The topological polar surface area (TPSA) is 29.5 Å². The van der Waals surface area contributed by atoms with Gasteiger partial charge in [0.15, 0.2) is 0 Å². The Balaban J connectivity index is 2.33. The molecule has 0 radical (unpaired) electrons. The van der Waals surface area contributed by atoms with E-state index in [4.69, 9.17) is 4.74 Å². The molecule has 0 bridgehead atoms. The molecule has 1 aromatic carbocycles. The summed E-state index contributed by atoms with van der Waals surface area (Å²) in [5, 5.41) is 9.43. The van der Waals surface area contributed by atoms with Gasteiger partial charge in [0.05, 0.1) is 12.7 Å². The smallest absolute Gasteiger partial charge is 0.119 e. The molecule has 0 aliphatic rings. The fraction of sp³-hybridized carbons (Fsp3) is 0.538. The highest BCUT2D eigenvalue weighted by Crippen LogP contribution is 2.18. The summed E-state index contributed by atoms with van der Waals surface area (Å²) in [5.41, 5.74) is 0.903. The third-order valence-electron chi connectivity index (χ3n) is 2.25. The van der Waals surface area contributed by atoms with Gasteiger partial charge in [-0.1, -0.05) is 19.1 Å². The molecule has 0 aliphatic carbocycles. The van der Waals surface area contributed by atoms with Gasteiger partial charge in [-0.05, 0) is 42.5 Å². The molecular formula is C13H20O2S. The molecule has 0 fully saturated rings. The van der Waals surface area contributed by atoms with Crippen LogP contribution >= 0.6 is 11.8 Å². The van der Waals surface area contributed by atoms with Gasteiger partial charge >= 0.3 is 0 Å². The number of rotatable bonds is 7. The molecule has 0 aromatic heterocycles. The van der Waals surface area contributed by atoms with Gasteiger partial charge in [-0.15, -0.1) is 0 Å². The number of hydrogen-bond acceptors (Lipinski definition) is 3. The first-order chi connectivity index (χ1) is 7.74. The summed E-state index contributed by atoms with van der Waals surface area (Å²) >= 11 is 1.93. The number of ether oxygens (including phenoxy) is 1. The summed E-state index contributed by atoms with van der Waals surface area (Å²) in [6.07, 6.45) is 0.636. The second-order valence-electron chi connectivity index (χ2n) is 3.65. The van der Waals surface area contributed by atoms with Crippen molar-refractivity contribution in [1.29, 1.82) is 0 Å². The van der Waals surface area contributed by atoms with Crippen LogP contribution in [0.2, 0.25) is 0 Å². The van der Waals surface area contributed by atoms with Gasteiger partial charge in [0, 0.05) is 0 Å². The van der Waals surface area contributed by atoms with Crippen LogP contribution in [0.5, 0.6) is 5.75 Å². The molecule has 0 spiro atoms. The van der Waals surface area contributed by atoms with Gasteiger partial charge in [-0.3, -0.25) is 0 Å². The van der Waals surface area contributed by atoms with Crippen molar-refractivity contribution in [2.45, 2.75) is 26.4 Å². The van der Waals surface area contributed by atoms with Crippen LogP contribution < -0.4 is 4.74 Å². The number of aliphatic hydroxyl groups is 1. The highest BCUT2D eigenvalue weighted by Gasteiger charge is 2.01. The molecule has 0 unspecified atom stereocenters. The summed E-state index contributed by atoms with van der Waals surface area (Å²) in [7, 11) is 0. The van der Waals surface area contributed by atoms with Crippen LogP contribution in [-0.4, -0.2) is 23.2 Å². The molecule has 0 saturated heterocycles.